The maximum Gasteiger partial charge on any atom is 0.316 e. The third kappa shape index (κ3) is 4.10. The van der Waals surface area contributed by atoms with E-state index in [1.165, 1.54) is 11.8 Å². The van der Waals surface area contributed by atoms with Crippen molar-refractivity contribution in [2.75, 3.05) is 12.4 Å². The quantitative estimate of drug-likeness (QED) is 0.551. The van der Waals surface area contributed by atoms with Crippen LogP contribution in [-0.2, 0) is 16.1 Å². The number of aromatic nitrogens is 3. The summed E-state index contributed by atoms with van der Waals surface area (Å²) in [6.07, 6.45) is 3.69. The van der Waals surface area contributed by atoms with E-state index in [0.29, 0.717) is 23.3 Å². The number of esters is 1. The second kappa shape index (κ2) is 7.87. The first-order valence-corrected chi connectivity index (χ1v) is 8.00. The topological polar surface area (TPSA) is 70.2 Å². The first-order valence-electron chi connectivity index (χ1n) is 7.01. The average molecular weight is 309 g/mol. The number of rotatable bonds is 8. The number of nitrogens with zero attached hydrogens (tertiary/aromatic N) is 3. The molecule has 0 spiro atoms. The van der Waals surface area contributed by atoms with Crippen LogP contribution in [0.25, 0.3) is 11.6 Å². The Bertz CT molecular complexity index is 566. The summed E-state index contributed by atoms with van der Waals surface area (Å²) in [5.41, 5.74) is 0. The van der Waals surface area contributed by atoms with E-state index < -0.39 is 0 Å². The van der Waals surface area contributed by atoms with Gasteiger partial charge >= 0.3 is 5.97 Å². The van der Waals surface area contributed by atoms with Crippen LogP contribution >= 0.6 is 11.8 Å². The number of thioether (sulfide) groups is 1. The summed E-state index contributed by atoms with van der Waals surface area (Å²) in [6.45, 7) is 5.11. The van der Waals surface area contributed by atoms with E-state index in [4.69, 9.17) is 9.15 Å². The third-order valence-corrected chi connectivity index (χ3v) is 3.76. The van der Waals surface area contributed by atoms with Crippen molar-refractivity contribution < 1.29 is 13.9 Å². The maximum absolute atomic E-state index is 11.5. The normalized spacial score (nSPS) is 10.8. The SMILES string of the molecule is CCCCn1c(SCC(=O)OCC)nnc1-c1ccco1. The molecule has 0 saturated carbocycles. The molecule has 114 valence electrons. The molecule has 2 aromatic rings. The van der Waals surface area contributed by atoms with Crippen molar-refractivity contribution in [3.05, 3.63) is 18.4 Å². The monoisotopic (exact) mass is 309 g/mol. The Morgan fingerprint density at radius 3 is 2.95 bits per heavy atom. The van der Waals surface area contributed by atoms with E-state index in [0.717, 1.165) is 19.4 Å². The van der Waals surface area contributed by atoms with Crippen LogP contribution in [0.1, 0.15) is 26.7 Å². The standard InChI is InChI=1S/C14H19N3O3S/c1-3-5-8-17-13(11-7-6-9-20-11)15-16-14(17)21-10-12(18)19-4-2/h6-7,9H,3-5,8,10H2,1-2H3. The van der Waals surface area contributed by atoms with E-state index in [9.17, 15) is 4.79 Å². The molecule has 7 heteroatoms. The lowest BCUT2D eigenvalue weighted by Crippen LogP contribution is -2.08. The molecule has 2 heterocycles. The van der Waals surface area contributed by atoms with E-state index in [1.807, 2.05) is 16.7 Å². The fourth-order valence-electron chi connectivity index (χ4n) is 1.83. The molecular formula is C14H19N3O3S. The lowest BCUT2D eigenvalue weighted by atomic mass is 10.3. The van der Waals surface area contributed by atoms with E-state index in [-0.39, 0.29) is 11.7 Å². The van der Waals surface area contributed by atoms with Gasteiger partial charge in [-0.15, -0.1) is 10.2 Å². The fourth-order valence-corrected chi connectivity index (χ4v) is 2.59. The molecule has 21 heavy (non-hydrogen) atoms. The van der Waals surface area contributed by atoms with Crippen LogP contribution in [0.15, 0.2) is 28.0 Å². The molecule has 2 aromatic heterocycles. The highest BCUT2D eigenvalue weighted by atomic mass is 32.2. The Morgan fingerprint density at radius 2 is 2.29 bits per heavy atom. The van der Waals surface area contributed by atoms with Crippen molar-refractivity contribution in [1.82, 2.24) is 14.8 Å². The first kappa shape index (κ1) is 15.6. The van der Waals surface area contributed by atoms with Crippen molar-refractivity contribution >= 4 is 17.7 Å². The molecule has 0 radical (unpaired) electrons. The molecule has 0 unspecified atom stereocenters. The average Bonchev–Trinajstić information content (AvgIpc) is 3.12. The highest BCUT2D eigenvalue weighted by molar-refractivity contribution is 7.99. The molecule has 0 aliphatic carbocycles. The zero-order valence-electron chi connectivity index (χ0n) is 12.2. The second-order valence-corrected chi connectivity index (χ2v) is 5.32. The van der Waals surface area contributed by atoms with Crippen LogP contribution in [0.2, 0.25) is 0 Å². The van der Waals surface area contributed by atoms with Gasteiger partial charge < -0.3 is 9.15 Å². The van der Waals surface area contributed by atoms with Gasteiger partial charge in [-0.3, -0.25) is 9.36 Å². The lowest BCUT2D eigenvalue weighted by Gasteiger charge is -2.08. The molecule has 2 rings (SSSR count). The van der Waals surface area contributed by atoms with Crippen LogP contribution < -0.4 is 0 Å². The van der Waals surface area contributed by atoms with Crippen LogP contribution in [0.4, 0.5) is 0 Å². The van der Waals surface area contributed by atoms with Crippen molar-refractivity contribution in [1.29, 1.82) is 0 Å². The zero-order valence-corrected chi connectivity index (χ0v) is 13.1. The van der Waals surface area contributed by atoms with E-state index >= 15 is 0 Å². The number of unbranched alkanes of at least 4 members (excludes halogenated alkanes) is 1. The minimum atomic E-state index is -0.243. The van der Waals surface area contributed by atoms with Crippen LogP contribution in [0.5, 0.6) is 0 Å². The molecule has 0 aliphatic heterocycles. The molecule has 6 nitrogen and oxygen atoms in total. The number of hydrogen-bond acceptors (Lipinski definition) is 6. The molecule has 0 amide bonds. The second-order valence-electron chi connectivity index (χ2n) is 4.38. The lowest BCUT2D eigenvalue weighted by molar-refractivity contribution is -0.139. The molecule has 0 fully saturated rings. The molecule has 0 bridgehead atoms. The summed E-state index contributed by atoms with van der Waals surface area (Å²) in [6, 6.07) is 3.67. The summed E-state index contributed by atoms with van der Waals surface area (Å²) < 4.78 is 12.3. The van der Waals surface area contributed by atoms with Gasteiger partial charge in [-0.25, -0.2) is 0 Å². The summed E-state index contributed by atoms with van der Waals surface area (Å²) in [7, 11) is 0. The molecule has 0 saturated heterocycles. The van der Waals surface area contributed by atoms with Crippen molar-refractivity contribution in [3.8, 4) is 11.6 Å². The fraction of sp³-hybridized carbons (Fsp3) is 0.500. The molecule has 0 aliphatic rings. The largest absolute Gasteiger partial charge is 0.465 e. The molecule has 0 atom stereocenters. The van der Waals surface area contributed by atoms with Gasteiger partial charge in [0.15, 0.2) is 16.7 Å². The first-order chi connectivity index (χ1) is 10.3. The van der Waals surface area contributed by atoms with Crippen molar-refractivity contribution in [2.24, 2.45) is 0 Å². The Balaban J connectivity index is 2.14. The summed E-state index contributed by atoms with van der Waals surface area (Å²) >= 11 is 1.34. The van der Waals surface area contributed by atoms with Crippen LogP contribution in [0.3, 0.4) is 0 Å². The predicted molar refractivity (Wildman–Crippen MR) is 80.0 cm³/mol. The third-order valence-electron chi connectivity index (χ3n) is 2.82. The van der Waals surface area contributed by atoms with Gasteiger partial charge in [-0.05, 0) is 25.5 Å². The summed E-state index contributed by atoms with van der Waals surface area (Å²) in [5.74, 6) is 1.37. The van der Waals surface area contributed by atoms with Gasteiger partial charge in [0.25, 0.3) is 0 Å². The highest BCUT2D eigenvalue weighted by Gasteiger charge is 2.17. The number of ether oxygens (including phenoxy) is 1. The Labute approximate surface area is 127 Å². The van der Waals surface area contributed by atoms with Gasteiger partial charge in [-0.2, -0.15) is 0 Å². The van der Waals surface area contributed by atoms with Gasteiger partial charge in [-0.1, -0.05) is 25.1 Å². The number of carbonyl (C=O) groups excluding carboxylic acids is 1. The zero-order chi connectivity index (χ0) is 15.1. The van der Waals surface area contributed by atoms with Gasteiger partial charge in [0.05, 0.1) is 18.6 Å². The van der Waals surface area contributed by atoms with Gasteiger partial charge in [0.1, 0.15) is 0 Å². The predicted octanol–water partition coefficient (Wildman–Crippen LogP) is 2.99. The van der Waals surface area contributed by atoms with Crippen molar-refractivity contribution in [3.63, 3.8) is 0 Å². The van der Waals surface area contributed by atoms with E-state index in [2.05, 4.69) is 17.1 Å². The molecule has 0 N–H and O–H groups in total. The number of furan rings is 1. The summed E-state index contributed by atoms with van der Waals surface area (Å²) in [4.78, 5) is 11.5. The minimum Gasteiger partial charge on any atom is -0.465 e. The molecule has 0 aromatic carbocycles. The van der Waals surface area contributed by atoms with E-state index in [1.54, 1.807) is 13.2 Å². The van der Waals surface area contributed by atoms with Crippen LogP contribution in [-0.4, -0.2) is 33.1 Å². The molecular weight excluding hydrogens is 290 g/mol. The Hall–Kier alpha value is -1.76. The Morgan fingerprint density at radius 1 is 1.43 bits per heavy atom. The minimum absolute atomic E-state index is 0.232. The highest BCUT2D eigenvalue weighted by Crippen LogP contribution is 2.24. The maximum atomic E-state index is 11.5. The van der Waals surface area contributed by atoms with Gasteiger partial charge in [0.2, 0.25) is 0 Å². The van der Waals surface area contributed by atoms with Crippen molar-refractivity contribution in [2.45, 2.75) is 38.4 Å². The number of hydrogen-bond donors (Lipinski definition) is 0. The number of carbonyl (C=O) groups is 1. The van der Waals surface area contributed by atoms with Gasteiger partial charge in [0, 0.05) is 6.54 Å². The van der Waals surface area contributed by atoms with Crippen LogP contribution in [0, 0.1) is 0 Å². The Kier molecular flexibility index (Phi) is 5.86. The smallest absolute Gasteiger partial charge is 0.316 e. The summed E-state index contributed by atoms with van der Waals surface area (Å²) in [5, 5.41) is 9.06.